The Balaban J connectivity index is 0.00000128. The molecule has 0 saturated heterocycles. The van der Waals surface area contributed by atoms with Crippen molar-refractivity contribution in [3.8, 4) is 0 Å². The van der Waals surface area contributed by atoms with Crippen LogP contribution in [-0.4, -0.2) is 12.4 Å². The molecule has 0 amide bonds. The number of amidine groups is 1. The number of rotatable bonds is 2. The van der Waals surface area contributed by atoms with Gasteiger partial charge in [0.2, 0.25) is 0 Å². The number of hydrogen-bond donors (Lipinski definition) is 2. The Labute approximate surface area is 111 Å². The molecule has 0 atom stereocenters. The van der Waals surface area contributed by atoms with Gasteiger partial charge in [-0.2, -0.15) is 0 Å². The minimum absolute atomic E-state index is 0. The SMILES string of the molecule is Cl.Clc1cc(Cl)cc(NNC2=NCCC2)c1. The average Bonchev–Trinajstić information content (AvgIpc) is 2.65. The molecule has 0 bridgehead atoms. The maximum atomic E-state index is 5.86. The van der Waals surface area contributed by atoms with Gasteiger partial charge in [-0.15, -0.1) is 12.4 Å². The molecule has 0 saturated carbocycles. The Kier molecular flexibility index (Phi) is 5.19. The van der Waals surface area contributed by atoms with E-state index in [1.165, 1.54) is 0 Å². The minimum Gasteiger partial charge on any atom is -0.300 e. The largest absolute Gasteiger partial charge is 0.300 e. The van der Waals surface area contributed by atoms with Gasteiger partial charge in [-0.1, -0.05) is 23.2 Å². The van der Waals surface area contributed by atoms with Gasteiger partial charge < -0.3 is 0 Å². The fourth-order valence-electron chi connectivity index (χ4n) is 1.41. The Morgan fingerprint density at radius 1 is 1.06 bits per heavy atom. The van der Waals surface area contributed by atoms with Gasteiger partial charge in [-0.05, 0) is 24.6 Å². The number of nitrogens with one attached hydrogen (secondary N) is 2. The van der Waals surface area contributed by atoms with Gasteiger partial charge in [-0.3, -0.25) is 15.8 Å². The van der Waals surface area contributed by atoms with Crippen LogP contribution in [0.15, 0.2) is 23.2 Å². The van der Waals surface area contributed by atoms with E-state index in [1.54, 1.807) is 18.2 Å². The number of halogens is 3. The van der Waals surface area contributed by atoms with Crippen molar-refractivity contribution in [3.63, 3.8) is 0 Å². The van der Waals surface area contributed by atoms with Crippen molar-refractivity contribution in [1.82, 2.24) is 5.43 Å². The third-order valence-electron chi connectivity index (χ3n) is 2.09. The Morgan fingerprint density at radius 2 is 1.75 bits per heavy atom. The van der Waals surface area contributed by atoms with Crippen LogP contribution in [0, 0.1) is 0 Å². The van der Waals surface area contributed by atoms with Crippen molar-refractivity contribution in [1.29, 1.82) is 0 Å². The molecule has 1 aromatic carbocycles. The van der Waals surface area contributed by atoms with Crippen LogP contribution in [0.4, 0.5) is 5.69 Å². The number of hydrazine groups is 1. The van der Waals surface area contributed by atoms with E-state index in [0.717, 1.165) is 30.9 Å². The first-order chi connectivity index (χ1) is 7.24. The molecule has 16 heavy (non-hydrogen) atoms. The van der Waals surface area contributed by atoms with Gasteiger partial charge in [0.15, 0.2) is 0 Å². The molecule has 88 valence electrons. The summed E-state index contributed by atoms with van der Waals surface area (Å²) in [6.45, 7) is 0.903. The monoisotopic (exact) mass is 279 g/mol. The second kappa shape index (κ2) is 6.18. The summed E-state index contributed by atoms with van der Waals surface area (Å²) in [7, 11) is 0. The predicted octanol–water partition coefficient (Wildman–Crippen LogP) is 3.52. The van der Waals surface area contributed by atoms with Crippen LogP contribution in [0.1, 0.15) is 12.8 Å². The summed E-state index contributed by atoms with van der Waals surface area (Å²) in [6.07, 6.45) is 2.10. The first-order valence-electron chi connectivity index (χ1n) is 4.75. The highest BCUT2D eigenvalue weighted by Crippen LogP contribution is 2.21. The van der Waals surface area contributed by atoms with E-state index in [1.807, 2.05) is 0 Å². The molecule has 0 aliphatic carbocycles. The lowest BCUT2D eigenvalue weighted by Crippen LogP contribution is -2.27. The van der Waals surface area contributed by atoms with E-state index < -0.39 is 0 Å². The predicted molar refractivity (Wildman–Crippen MR) is 72.0 cm³/mol. The second-order valence-corrected chi connectivity index (χ2v) is 4.21. The summed E-state index contributed by atoms with van der Waals surface area (Å²) in [5, 5.41) is 1.22. The molecule has 1 aromatic rings. The van der Waals surface area contributed by atoms with Crippen molar-refractivity contribution >= 4 is 47.1 Å². The van der Waals surface area contributed by atoms with Gasteiger partial charge in [0.1, 0.15) is 5.84 Å². The van der Waals surface area contributed by atoms with Gasteiger partial charge in [0.05, 0.1) is 5.69 Å². The molecule has 0 spiro atoms. The van der Waals surface area contributed by atoms with E-state index >= 15 is 0 Å². The Morgan fingerprint density at radius 3 is 2.31 bits per heavy atom. The highest BCUT2D eigenvalue weighted by molar-refractivity contribution is 6.35. The van der Waals surface area contributed by atoms with Gasteiger partial charge >= 0.3 is 0 Å². The van der Waals surface area contributed by atoms with E-state index in [9.17, 15) is 0 Å². The molecule has 3 nitrogen and oxygen atoms in total. The number of aliphatic imine (C=N–C) groups is 1. The molecule has 0 fully saturated rings. The minimum atomic E-state index is 0. The van der Waals surface area contributed by atoms with Crippen LogP contribution in [0.2, 0.25) is 10.0 Å². The van der Waals surface area contributed by atoms with Crippen molar-refractivity contribution in [2.45, 2.75) is 12.8 Å². The molecule has 0 unspecified atom stereocenters. The third-order valence-corrected chi connectivity index (χ3v) is 2.52. The molecule has 6 heteroatoms. The van der Waals surface area contributed by atoms with Gasteiger partial charge in [0.25, 0.3) is 0 Å². The van der Waals surface area contributed by atoms with Crippen molar-refractivity contribution in [2.75, 3.05) is 12.0 Å². The number of nitrogens with zero attached hydrogens (tertiary/aromatic N) is 1. The lowest BCUT2D eigenvalue weighted by molar-refractivity contribution is 0.944. The maximum Gasteiger partial charge on any atom is 0.115 e. The molecule has 1 heterocycles. The van der Waals surface area contributed by atoms with Gasteiger partial charge in [0, 0.05) is 23.0 Å². The zero-order valence-corrected chi connectivity index (χ0v) is 10.8. The van der Waals surface area contributed by atoms with Crippen molar-refractivity contribution < 1.29 is 0 Å². The quantitative estimate of drug-likeness (QED) is 0.813. The van der Waals surface area contributed by atoms with Crippen LogP contribution >= 0.6 is 35.6 Å². The van der Waals surface area contributed by atoms with Gasteiger partial charge in [-0.25, -0.2) is 0 Å². The molecule has 2 rings (SSSR count). The molecule has 1 aliphatic rings. The molecule has 2 N–H and O–H groups in total. The normalized spacial score (nSPS) is 14.0. The molecular weight excluding hydrogens is 268 g/mol. The first kappa shape index (κ1) is 13.4. The molecular formula is C10H12Cl3N3. The van der Waals surface area contributed by atoms with E-state index in [-0.39, 0.29) is 12.4 Å². The molecule has 0 aromatic heterocycles. The van der Waals surface area contributed by atoms with Crippen LogP contribution in [-0.2, 0) is 0 Å². The lowest BCUT2D eigenvalue weighted by Gasteiger charge is -2.09. The fourth-order valence-corrected chi connectivity index (χ4v) is 1.94. The first-order valence-corrected chi connectivity index (χ1v) is 5.51. The summed E-state index contributed by atoms with van der Waals surface area (Å²) < 4.78 is 0. The van der Waals surface area contributed by atoms with E-state index in [4.69, 9.17) is 23.2 Å². The van der Waals surface area contributed by atoms with E-state index in [0.29, 0.717) is 10.0 Å². The highest BCUT2D eigenvalue weighted by atomic mass is 35.5. The van der Waals surface area contributed by atoms with Crippen molar-refractivity contribution in [2.24, 2.45) is 4.99 Å². The van der Waals surface area contributed by atoms with Crippen LogP contribution < -0.4 is 10.9 Å². The molecule has 0 radical (unpaired) electrons. The van der Waals surface area contributed by atoms with Crippen LogP contribution in [0.3, 0.4) is 0 Å². The maximum absolute atomic E-state index is 5.86. The number of anilines is 1. The lowest BCUT2D eigenvalue weighted by atomic mass is 10.3. The van der Waals surface area contributed by atoms with Crippen LogP contribution in [0.25, 0.3) is 0 Å². The summed E-state index contributed by atoms with van der Waals surface area (Å²) in [6, 6.07) is 5.30. The standard InChI is InChI=1S/C10H11Cl2N3.ClH/c11-7-4-8(12)6-9(5-7)14-15-10-2-1-3-13-10;/h4-6,14H,1-3H2,(H,13,15);1H. The van der Waals surface area contributed by atoms with Crippen molar-refractivity contribution in [3.05, 3.63) is 28.2 Å². The fraction of sp³-hybridized carbons (Fsp3) is 0.300. The second-order valence-electron chi connectivity index (χ2n) is 3.34. The van der Waals surface area contributed by atoms with Crippen LogP contribution in [0.5, 0.6) is 0 Å². The average molecular weight is 281 g/mol. The zero-order chi connectivity index (χ0) is 10.7. The topological polar surface area (TPSA) is 36.4 Å². The number of benzene rings is 1. The Bertz CT molecular complexity index is 373. The summed E-state index contributed by atoms with van der Waals surface area (Å²) >= 11 is 11.7. The summed E-state index contributed by atoms with van der Waals surface area (Å²) in [4.78, 5) is 4.27. The smallest absolute Gasteiger partial charge is 0.115 e. The molecule has 1 aliphatic heterocycles. The summed E-state index contributed by atoms with van der Waals surface area (Å²) in [5.41, 5.74) is 6.89. The highest BCUT2D eigenvalue weighted by Gasteiger charge is 2.05. The third kappa shape index (κ3) is 3.74. The summed E-state index contributed by atoms with van der Waals surface area (Å²) in [5.74, 6) is 0.978. The van der Waals surface area contributed by atoms with E-state index in [2.05, 4.69) is 15.8 Å². The number of hydrogen-bond acceptors (Lipinski definition) is 3. The Hall–Kier alpha value is -0.640. The zero-order valence-electron chi connectivity index (χ0n) is 8.46.